The molecule has 2 aromatic carbocycles. The van der Waals surface area contributed by atoms with Gasteiger partial charge in [0.1, 0.15) is 5.82 Å². The summed E-state index contributed by atoms with van der Waals surface area (Å²) in [6.07, 6.45) is 0. The van der Waals surface area contributed by atoms with Crippen molar-refractivity contribution in [3.8, 4) is 11.4 Å². The third-order valence-electron chi connectivity index (χ3n) is 3.89. The Kier molecular flexibility index (Phi) is 3.67. The van der Waals surface area contributed by atoms with E-state index in [1.807, 2.05) is 42.5 Å². The number of rotatable bonds is 4. The van der Waals surface area contributed by atoms with E-state index in [2.05, 4.69) is 51.8 Å². The predicted octanol–water partition coefficient (Wildman–Crippen LogP) is 3.71. The lowest BCUT2D eigenvalue weighted by atomic mass is 10.1. The first-order valence-electron chi connectivity index (χ1n) is 7.87. The van der Waals surface area contributed by atoms with Gasteiger partial charge in [-0.15, -0.1) is 15.3 Å². The minimum absolute atomic E-state index is 0.724. The standard InChI is InChI=1S/C19H17N5/c1-14-7-9-16(10-8-14)19-22-21-18-12-11-17(23-24(18)19)20-13-15-5-3-2-4-6-15/h2-12H,13H2,1H3,(H,20,23). The number of anilines is 1. The van der Waals surface area contributed by atoms with Crippen molar-refractivity contribution in [3.05, 3.63) is 77.9 Å². The summed E-state index contributed by atoms with van der Waals surface area (Å²) in [6, 6.07) is 22.3. The van der Waals surface area contributed by atoms with E-state index in [4.69, 9.17) is 0 Å². The van der Waals surface area contributed by atoms with Gasteiger partial charge in [-0.1, -0.05) is 60.2 Å². The van der Waals surface area contributed by atoms with Crippen molar-refractivity contribution in [2.24, 2.45) is 0 Å². The number of nitrogens with zero attached hydrogens (tertiary/aromatic N) is 4. The van der Waals surface area contributed by atoms with Crippen molar-refractivity contribution in [1.82, 2.24) is 19.8 Å². The molecule has 2 heterocycles. The highest BCUT2D eigenvalue weighted by molar-refractivity contribution is 5.59. The Balaban J connectivity index is 1.64. The first kappa shape index (κ1) is 14.4. The largest absolute Gasteiger partial charge is 0.365 e. The number of aryl methyl sites for hydroxylation is 1. The average molecular weight is 315 g/mol. The quantitative estimate of drug-likeness (QED) is 0.624. The maximum absolute atomic E-state index is 4.63. The van der Waals surface area contributed by atoms with Crippen LogP contribution in [0.15, 0.2) is 66.7 Å². The van der Waals surface area contributed by atoms with Crippen LogP contribution >= 0.6 is 0 Å². The summed E-state index contributed by atoms with van der Waals surface area (Å²) in [5.41, 5.74) is 4.16. The number of aromatic nitrogens is 4. The molecule has 5 nitrogen and oxygen atoms in total. The van der Waals surface area contributed by atoms with Crippen LogP contribution in [0.5, 0.6) is 0 Å². The highest BCUT2D eigenvalue weighted by atomic mass is 15.4. The third kappa shape index (κ3) is 2.84. The lowest BCUT2D eigenvalue weighted by Gasteiger charge is -2.06. The van der Waals surface area contributed by atoms with Crippen molar-refractivity contribution in [1.29, 1.82) is 0 Å². The molecule has 0 bridgehead atoms. The smallest absolute Gasteiger partial charge is 0.185 e. The number of nitrogens with one attached hydrogen (secondary N) is 1. The molecule has 0 aliphatic heterocycles. The van der Waals surface area contributed by atoms with E-state index in [1.165, 1.54) is 11.1 Å². The van der Waals surface area contributed by atoms with Crippen molar-refractivity contribution in [2.75, 3.05) is 5.32 Å². The number of hydrogen-bond donors (Lipinski definition) is 1. The Morgan fingerprint density at radius 2 is 1.67 bits per heavy atom. The van der Waals surface area contributed by atoms with Gasteiger partial charge in [0.05, 0.1) is 0 Å². The number of benzene rings is 2. The van der Waals surface area contributed by atoms with Gasteiger partial charge in [0.15, 0.2) is 11.5 Å². The molecule has 0 aliphatic rings. The van der Waals surface area contributed by atoms with Gasteiger partial charge in [-0.05, 0) is 24.6 Å². The Morgan fingerprint density at radius 1 is 0.875 bits per heavy atom. The fourth-order valence-electron chi connectivity index (χ4n) is 2.55. The number of hydrogen-bond acceptors (Lipinski definition) is 4. The second kappa shape index (κ2) is 6.12. The molecular formula is C19H17N5. The fraction of sp³-hybridized carbons (Fsp3) is 0.105. The summed E-state index contributed by atoms with van der Waals surface area (Å²) in [5, 5.41) is 16.4. The molecule has 5 heteroatoms. The first-order valence-corrected chi connectivity index (χ1v) is 7.87. The van der Waals surface area contributed by atoms with Crippen molar-refractivity contribution in [2.45, 2.75) is 13.5 Å². The summed E-state index contributed by atoms with van der Waals surface area (Å²) in [5.74, 6) is 1.54. The summed E-state index contributed by atoms with van der Waals surface area (Å²) in [7, 11) is 0. The molecule has 4 rings (SSSR count). The Hall–Kier alpha value is -3.21. The SMILES string of the molecule is Cc1ccc(-c2nnc3ccc(NCc4ccccc4)nn23)cc1. The summed E-state index contributed by atoms with van der Waals surface area (Å²) in [4.78, 5) is 0. The molecule has 0 saturated carbocycles. The Morgan fingerprint density at radius 3 is 2.46 bits per heavy atom. The zero-order chi connectivity index (χ0) is 16.4. The van der Waals surface area contributed by atoms with Gasteiger partial charge >= 0.3 is 0 Å². The molecule has 0 aliphatic carbocycles. The van der Waals surface area contributed by atoms with E-state index in [1.54, 1.807) is 4.52 Å². The maximum Gasteiger partial charge on any atom is 0.185 e. The molecule has 0 atom stereocenters. The van der Waals surface area contributed by atoms with Gasteiger partial charge < -0.3 is 5.32 Å². The molecule has 2 aromatic heterocycles. The summed E-state index contributed by atoms with van der Waals surface area (Å²) < 4.78 is 1.78. The van der Waals surface area contributed by atoms with E-state index in [0.717, 1.165) is 29.4 Å². The second-order valence-electron chi connectivity index (χ2n) is 5.72. The molecular weight excluding hydrogens is 298 g/mol. The minimum Gasteiger partial charge on any atom is -0.365 e. The summed E-state index contributed by atoms with van der Waals surface area (Å²) in [6.45, 7) is 2.79. The van der Waals surface area contributed by atoms with Gasteiger partial charge in [0, 0.05) is 12.1 Å². The van der Waals surface area contributed by atoms with Crippen LogP contribution in [0.4, 0.5) is 5.82 Å². The highest BCUT2D eigenvalue weighted by Crippen LogP contribution is 2.19. The van der Waals surface area contributed by atoms with Crippen LogP contribution in [0.2, 0.25) is 0 Å². The number of fused-ring (bicyclic) bond motifs is 1. The van der Waals surface area contributed by atoms with Crippen molar-refractivity contribution < 1.29 is 0 Å². The van der Waals surface area contributed by atoms with E-state index in [0.29, 0.717) is 0 Å². The van der Waals surface area contributed by atoms with Gasteiger partial charge in [0.2, 0.25) is 0 Å². The van der Waals surface area contributed by atoms with Gasteiger partial charge in [-0.25, -0.2) is 0 Å². The zero-order valence-corrected chi connectivity index (χ0v) is 13.3. The zero-order valence-electron chi connectivity index (χ0n) is 13.3. The third-order valence-corrected chi connectivity index (χ3v) is 3.89. The first-order chi connectivity index (χ1) is 11.8. The monoisotopic (exact) mass is 315 g/mol. The molecule has 1 N–H and O–H groups in total. The molecule has 0 radical (unpaired) electrons. The Bertz CT molecular complexity index is 958. The van der Waals surface area contributed by atoms with Crippen LogP contribution in [0.25, 0.3) is 17.0 Å². The highest BCUT2D eigenvalue weighted by Gasteiger charge is 2.09. The van der Waals surface area contributed by atoms with E-state index in [9.17, 15) is 0 Å². The normalized spacial score (nSPS) is 10.9. The van der Waals surface area contributed by atoms with E-state index < -0.39 is 0 Å². The van der Waals surface area contributed by atoms with Crippen molar-refractivity contribution in [3.63, 3.8) is 0 Å². The van der Waals surface area contributed by atoms with Crippen molar-refractivity contribution >= 4 is 11.5 Å². The fourth-order valence-corrected chi connectivity index (χ4v) is 2.55. The van der Waals surface area contributed by atoms with Crippen LogP contribution in [0, 0.1) is 6.92 Å². The lowest BCUT2D eigenvalue weighted by Crippen LogP contribution is -2.04. The topological polar surface area (TPSA) is 55.1 Å². The van der Waals surface area contributed by atoms with E-state index >= 15 is 0 Å². The predicted molar refractivity (Wildman–Crippen MR) is 94.7 cm³/mol. The summed E-state index contributed by atoms with van der Waals surface area (Å²) >= 11 is 0. The molecule has 0 spiro atoms. The van der Waals surface area contributed by atoms with E-state index in [-0.39, 0.29) is 0 Å². The molecule has 4 aromatic rings. The Labute approximate surface area is 140 Å². The van der Waals surface area contributed by atoms with Gasteiger partial charge in [-0.3, -0.25) is 0 Å². The van der Waals surface area contributed by atoms with Crippen LogP contribution in [0.1, 0.15) is 11.1 Å². The average Bonchev–Trinajstić information content (AvgIpc) is 3.05. The second-order valence-corrected chi connectivity index (χ2v) is 5.72. The van der Waals surface area contributed by atoms with Gasteiger partial charge in [-0.2, -0.15) is 4.52 Å². The van der Waals surface area contributed by atoms with Crippen LogP contribution in [-0.4, -0.2) is 19.8 Å². The molecule has 24 heavy (non-hydrogen) atoms. The molecule has 0 amide bonds. The molecule has 0 saturated heterocycles. The van der Waals surface area contributed by atoms with Crippen LogP contribution in [0.3, 0.4) is 0 Å². The minimum atomic E-state index is 0.724. The van der Waals surface area contributed by atoms with Crippen LogP contribution in [-0.2, 0) is 6.54 Å². The molecule has 0 unspecified atom stereocenters. The van der Waals surface area contributed by atoms with Gasteiger partial charge in [0.25, 0.3) is 0 Å². The maximum atomic E-state index is 4.63. The lowest BCUT2D eigenvalue weighted by molar-refractivity contribution is 0.925. The molecule has 118 valence electrons. The molecule has 0 fully saturated rings. The van der Waals surface area contributed by atoms with Crippen LogP contribution < -0.4 is 5.32 Å².